The molecule has 0 amide bonds. The van der Waals surface area contributed by atoms with Crippen LogP contribution in [0.4, 0.5) is 0 Å². The fourth-order valence-corrected chi connectivity index (χ4v) is 3.20. The second-order valence-corrected chi connectivity index (χ2v) is 7.20. The van der Waals surface area contributed by atoms with Gasteiger partial charge in [0.15, 0.2) is 5.96 Å². The van der Waals surface area contributed by atoms with Gasteiger partial charge < -0.3 is 20.3 Å². The number of piperidine rings is 1. The Morgan fingerprint density at radius 2 is 1.88 bits per heavy atom. The number of aliphatic imine (C=N–C) groups is 1. The predicted octanol–water partition coefficient (Wildman–Crippen LogP) is 3.26. The lowest BCUT2D eigenvalue weighted by Crippen LogP contribution is -2.38. The van der Waals surface area contributed by atoms with Crippen molar-refractivity contribution in [3.8, 4) is 5.75 Å². The number of guanidine groups is 1. The van der Waals surface area contributed by atoms with E-state index in [-0.39, 0.29) is 0 Å². The number of benzene rings is 1. The molecule has 146 valence electrons. The van der Waals surface area contributed by atoms with Crippen LogP contribution < -0.4 is 15.4 Å². The van der Waals surface area contributed by atoms with Crippen molar-refractivity contribution in [1.82, 2.24) is 15.5 Å². The Morgan fingerprint density at radius 1 is 1.15 bits per heavy atom. The lowest BCUT2D eigenvalue weighted by atomic mass is 9.99. The van der Waals surface area contributed by atoms with Crippen LogP contribution in [0.1, 0.15) is 45.1 Å². The first-order chi connectivity index (χ1) is 12.7. The molecule has 2 N–H and O–H groups in total. The third-order valence-electron chi connectivity index (χ3n) is 4.99. The summed E-state index contributed by atoms with van der Waals surface area (Å²) >= 11 is 0. The summed E-state index contributed by atoms with van der Waals surface area (Å²) in [5, 5.41) is 6.78. The average Bonchev–Trinajstić information content (AvgIpc) is 2.67. The van der Waals surface area contributed by atoms with Crippen molar-refractivity contribution in [2.45, 2.75) is 46.1 Å². The minimum absolute atomic E-state index is 0.672. The molecule has 1 heterocycles. The highest BCUT2D eigenvalue weighted by atomic mass is 16.5. The van der Waals surface area contributed by atoms with Crippen molar-refractivity contribution in [2.24, 2.45) is 10.9 Å². The molecule has 1 aromatic rings. The molecule has 0 bridgehead atoms. The zero-order valence-electron chi connectivity index (χ0n) is 16.8. The molecule has 0 spiro atoms. The SMILES string of the molecule is CCNC(=NCc1ccc(OC)cc1)NCCCCN1CCC(C)CC1. The maximum absolute atomic E-state index is 5.19. The Morgan fingerprint density at radius 3 is 2.54 bits per heavy atom. The van der Waals surface area contributed by atoms with Crippen LogP contribution in [0.3, 0.4) is 0 Å². The Bertz CT molecular complexity index is 521. The number of nitrogens with zero attached hydrogens (tertiary/aromatic N) is 2. The number of hydrogen-bond acceptors (Lipinski definition) is 3. The quantitative estimate of drug-likeness (QED) is 0.403. The van der Waals surface area contributed by atoms with Crippen LogP contribution in [-0.4, -0.2) is 50.7 Å². The molecule has 1 aliphatic heterocycles. The van der Waals surface area contributed by atoms with Gasteiger partial charge in [-0.15, -0.1) is 0 Å². The lowest BCUT2D eigenvalue weighted by molar-refractivity contribution is 0.189. The molecule has 0 aromatic heterocycles. The van der Waals surface area contributed by atoms with Gasteiger partial charge in [0, 0.05) is 13.1 Å². The number of nitrogens with one attached hydrogen (secondary N) is 2. The summed E-state index contributed by atoms with van der Waals surface area (Å²) in [6.07, 6.45) is 5.15. The van der Waals surface area contributed by atoms with E-state index < -0.39 is 0 Å². The van der Waals surface area contributed by atoms with Gasteiger partial charge in [-0.3, -0.25) is 0 Å². The van der Waals surface area contributed by atoms with Crippen LogP contribution in [0, 0.1) is 5.92 Å². The molecule has 5 heteroatoms. The second-order valence-electron chi connectivity index (χ2n) is 7.20. The van der Waals surface area contributed by atoms with Gasteiger partial charge in [0.1, 0.15) is 5.75 Å². The van der Waals surface area contributed by atoms with Crippen molar-refractivity contribution in [3.05, 3.63) is 29.8 Å². The van der Waals surface area contributed by atoms with E-state index in [1.54, 1.807) is 7.11 Å². The summed E-state index contributed by atoms with van der Waals surface area (Å²) in [5.74, 6) is 2.69. The van der Waals surface area contributed by atoms with Crippen LogP contribution in [-0.2, 0) is 6.54 Å². The summed E-state index contributed by atoms with van der Waals surface area (Å²) < 4.78 is 5.19. The topological polar surface area (TPSA) is 48.9 Å². The highest BCUT2D eigenvalue weighted by molar-refractivity contribution is 5.79. The van der Waals surface area contributed by atoms with E-state index in [2.05, 4.69) is 46.5 Å². The van der Waals surface area contributed by atoms with E-state index in [9.17, 15) is 0 Å². The molecular formula is C21H36N4O. The van der Waals surface area contributed by atoms with Crippen molar-refractivity contribution in [1.29, 1.82) is 0 Å². The Balaban J connectivity index is 1.66. The van der Waals surface area contributed by atoms with Gasteiger partial charge in [-0.05, 0) is 75.9 Å². The molecule has 1 saturated heterocycles. The minimum Gasteiger partial charge on any atom is -0.497 e. The number of ether oxygens (including phenoxy) is 1. The lowest BCUT2D eigenvalue weighted by Gasteiger charge is -2.30. The predicted molar refractivity (Wildman–Crippen MR) is 110 cm³/mol. The first-order valence-corrected chi connectivity index (χ1v) is 10.1. The summed E-state index contributed by atoms with van der Waals surface area (Å²) in [7, 11) is 1.69. The molecule has 2 rings (SSSR count). The number of rotatable bonds is 9. The summed E-state index contributed by atoms with van der Waals surface area (Å²) in [4.78, 5) is 7.29. The molecule has 1 fully saturated rings. The van der Waals surface area contributed by atoms with Gasteiger partial charge in [-0.25, -0.2) is 4.99 Å². The van der Waals surface area contributed by atoms with Crippen LogP contribution >= 0.6 is 0 Å². The molecule has 26 heavy (non-hydrogen) atoms. The van der Waals surface area contributed by atoms with E-state index >= 15 is 0 Å². The number of methoxy groups -OCH3 is 1. The summed E-state index contributed by atoms with van der Waals surface area (Å²) in [6, 6.07) is 8.08. The van der Waals surface area contributed by atoms with Gasteiger partial charge in [-0.2, -0.15) is 0 Å². The number of hydrogen-bond donors (Lipinski definition) is 2. The highest BCUT2D eigenvalue weighted by Crippen LogP contribution is 2.16. The number of likely N-dealkylation sites (tertiary alicyclic amines) is 1. The van der Waals surface area contributed by atoms with E-state index in [1.807, 2.05) is 12.1 Å². The Labute approximate surface area is 159 Å². The Kier molecular flexibility index (Phi) is 9.32. The molecular weight excluding hydrogens is 324 g/mol. The number of unbranched alkanes of at least 4 members (excludes halogenated alkanes) is 1. The highest BCUT2D eigenvalue weighted by Gasteiger charge is 2.14. The first kappa shape index (κ1) is 20.6. The van der Waals surface area contributed by atoms with E-state index in [1.165, 1.54) is 50.9 Å². The van der Waals surface area contributed by atoms with Gasteiger partial charge >= 0.3 is 0 Å². The van der Waals surface area contributed by atoms with Gasteiger partial charge in [0.2, 0.25) is 0 Å². The van der Waals surface area contributed by atoms with E-state index in [4.69, 9.17) is 4.74 Å². The van der Waals surface area contributed by atoms with Crippen LogP contribution in [0.2, 0.25) is 0 Å². The fourth-order valence-electron chi connectivity index (χ4n) is 3.20. The third-order valence-corrected chi connectivity index (χ3v) is 4.99. The maximum atomic E-state index is 5.19. The van der Waals surface area contributed by atoms with Crippen molar-refractivity contribution < 1.29 is 4.74 Å². The zero-order chi connectivity index (χ0) is 18.6. The average molecular weight is 361 g/mol. The molecule has 0 radical (unpaired) electrons. The summed E-state index contributed by atoms with van der Waals surface area (Å²) in [6.45, 7) is 10.8. The zero-order valence-corrected chi connectivity index (χ0v) is 16.8. The van der Waals surface area contributed by atoms with Crippen molar-refractivity contribution in [3.63, 3.8) is 0 Å². The second kappa shape index (κ2) is 11.8. The monoisotopic (exact) mass is 360 g/mol. The van der Waals surface area contributed by atoms with Crippen molar-refractivity contribution in [2.75, 3.05) is 39.8 Å². The largest absolute Gasteiger partial charge is 0.497 e. The summed E-state index contributed by atoms with van der Waals surface area (Å²) in [5.41, 5.74) is 1.18. The standard InChI is InChI=1S/C21H36N4O/c1-4-22-21(24-17-19-7-9-20(26-3)10-8-19)23-13-5-6-14-25-15-11-18(2)12-16-25/h7-10,18H,4-6,11-17H2,1-3H3,(H2,22,23,24). The molecule has 0 saturated carbocycles. The maximum Gasteiger partial charge on any atom is 0.191 e. The molecule has 0 atom stereocenters. The van der Waals surface area contributed by atoms with Crippen LogP contribution in [0.25, 0.3) is 0 Å². The van der Waals surface area contributed by atoms with Gasteiger partial charge in [-0.1, -0.05) is 19.1 Å². The fraction of sp³-hybridized carbons (Fsp3) is 0.667. The smallest absolute Gasteiger partial charge is 0.191 e. The van der Waals surface area contributed by atoms with Crippen molar-refractivity contribution >= 4 is 5.96 Å². The molecule has 1 aromatic carbocycles. The minimum atomic E-state index is 0.672. The molecule has 0 aliphatic carbocycles. The van der Waals surface area contributed by atoms with Crippen LogP contribution in [0.5, 0.6) is 5.75 Å². The van der Waals surface area contributed by atoms with E-state index in [0.717, 1.165) is 30.7 Å². The molecule has 1 aliphatic rings. The van der Waals surface area contributed by atoms with Crippen LogP contribution in [0.15, 0.2) is 29.3 Å². The van der Waals surface area contributed by atoms with E-state index in [0.29, 0.717) is 6.54 Å². The normalized spacial score (nSPS) is 16.5. The Hall–Kier alpha value is -1.75. The third kappa shape index (κ3) is 7.65. The van der Waals surface area contributed by atoms with Gasteiger partial charge in [0.25, 0.3) is 0 Å². The molecule has 0 unspecified atom stereocenters. The van der Waals surface area contributed by atoms with Gasteiger partial charge in [0.05, 0.1) is 13.7 Å². The first-order valence-electron chi connectivity index (χ1n) is 10.1. The molecule has 5 nitrogen and oxygen atoms in total.